The summed E-state index contributed by atoms with van der Waals surface area (Å²) in [4.78, 5) is 33.1. The lowest BCUT2D eigenvalue weighted by Gasteiger charge is -2.27. The number of rotatable bonds is 10. The molecule has 0 saturated carbocycles. The molecule has 46 heavy (non-hydrogen) atoms. The van der Waals surface area contributed by atoms with Crippen molar-refractivity contribution in [1.29, 1.82) is 0 Å². The maximum absolute atomic E-state index is 14.3. The number of methoxy groups -OCH3 is 1. The smallest absolute Gasteiger partial charge is 0.338 e. The Bertz CT molecular complexity index is 2160. The lowest BCUT2D eigenvalue weighted by atomic mass is 9.90. The number of esters is 1. The topological polar surface area (TPSA) is 79.1 Å². The first kappa shape index (κ1) is 30.8. The number of ether oxygens (including phenoxy) is 3. The van der Waals surface area contributed by atoms with Crippen molar-refractivity contribution in [2.75, 3.05) is 13.7 Å². The minimum Gasteiger partial charge on any atom is -0.496 e. The second-order valence-electron chi connectivity index (χ2n) is 10.8. The van der Waals surface area contributed by atoms with Crippen LogP contribution in [0.25, 0.3) is 16.8 Å². The minimum absolute atomic E-state index is 0.192. The molecule has 4 aromatic carbocycles. The van der Waals surface area contributed by atoms with Crippen molar-refractivity contribution in [3.8, 4) is 11.5 Å². The van der Waals surface area contributed by atoms with Gasteiger partial charge in [0.25, 0.3) is 5.56 Å². The second-order valence-corrected chi connectivity index (χ2v) is 11.8. The van der Waals surface area contributed by atoms with Crippen LogP contribution in [0.3, 0.4) is 0 Å². The van der Waals surface area contributed by atoms with Gasteiger partial charge in [0.05, 0.1) is 29.5 Å². The van der Waals surface area contributed by atoms with E-state index in [-0.39, 0.29) is 12.2 Å². The van der Waals surface area contributed by atoms with E-state index in [4.69, 9.17) is 19.2 Å². The third-order valence-corrected chi connectivity index (χ3v) is 8.91. The molecule has 8 heteroatoms. The molecule has 0 aliphatic carbocycles. The predicted octanol–water partition coefficient (Wildman–Crippen LogP) is 6.27. The summed E-state index contributed by atoms with van der Waals surface area (Å²) in [6.07, 6.45) is 4.30. The first-order valence-electron chi connectivity index (χ1n) is 15.1. The number of allylic oxidation sites excluding steroid dienone is 2. The van der Waals surface area contributed by atoms with Crippen molar-refractivity contribution >= 4 is 34.2 Å². The second kappa shape index (κ2) is 13.4. The van der Waals surface area contributed by atoms with Gasteiger partial charge in [0, 0.05) is 5.56 Å². The number of aromatic nitrogens is 1. The summed E-state index contributed by atoms with van der Waals surface area (Å²) in [6, 6.07) is 26.8. The molecule has 0 radical (unpaired) electrons. The van der Waals surface area contributed by atoms with Crippen molar-refractivity contribution < 1.29 is 19.0 Å². The lowest BCUT2D eigenvalue weighted by Crippen LogP contribution is -2.40. The molecular weight excluding hydrogens is 596 g/mol. The predicted molar refractivity (Wildman–Crippen MR) is 182 cm³/mol. The number of fused-ring (bicyclic) bond motifs is 2. The Morgan fingerprint density at radius 3 is 2.54 bits per heavy atom. The van der Waals surface area contributed by atoms with Crippen LogP contribution >= 0.6 is 11.3 Å². The first-order chi connectivity index (χ1) is 22.4. The van der Waals surface area contributed by atoms with E-state index < -0.39 is 12.0 Å². The van der Waals surface area contributed by atoms with E-state index in [0.29, 0.717) is 44.9 Å². The van der Waals surface area contributed by atoms with Gasteiger partial charge in [-0.25, -0.2) is 9.79 Å². The van der Waals surface area contributed by atoms with Crippen LogP contribution in [0.15, 0.2) is 119 Å². The first-order valence-corrected chi connectivity index (χ1v) is 15.9. The molecule has 1 atom stereocenters. The SMILES string of the molecule is C=CCc1cc(/C=c2/sc3n(c2=O)[C@H](c2c(OC)ccc4ccccc24)C(C(=O)OCC)=C(C)N=3)ccc1OCc1ccccc1. The molecular formula is C38H34N2O5S. The Labute approximate surface area is 271 Å². The van der Waals surface area contributed by atoms with Crippen LogP contribution in [-0.4, -0.2) is 24.3 Å². The molecule has 6 rings (SSSR count). The van der Waals surface area contributed by atoms with Gasteiger partial charge in [-0.05, 0) is 72.0 Å². The van der Waals surface area contributed by atoms with Crippen LogP contribution in [-0.2, 0) is 22.6 Å². The lowest BCUT2D eigenvalue weighted by molar-refractivity contribution is -0.139. The summed E-state index contributed by atoms with van der Waals surface area (Å²) in [6.45, 7) is 8.10. The van der Waals surface area contributed by atoms with Crippen LogP contribution in [0.2, 0.25) is 0 Å². The van der Waals surface area contributed by atoms with Gasteiger partial charge in [0.1, 0.15) is 24.1 Å². The van der Waals surface area contributed by atoms with Gasteiger partial charge in [-0.3, -0.25) is 9.36 Å². The Balaban J connectivity index is 1.49. The molecule has 0 N–H and O–H groups in total. The van der Waals surface area contributed by atoms with Crippen molar-refractivity contribution in [1.82, 2.24) is 4.57 Å². The van der Waals surface area contributed by atoms with Gasteiger partial charge < -0.3 is 14.2 Å². The molecule has 1 aromatic heterocycles. The number of thiazole rings is 1. The quantitative estimate of drug-likeness (QED) is 0.134. The number of carbonyl (C=O) groups is 1. The Morgan fingerprint density at radius 1 is 1.02 bits per heavy atom. The van der Waals surface area contributed by atoms with E-state index in [0.717, 1.165) is 33.2 Å². The zero-order valence-corrected chi connectivity index (χ0v) is 26.8. The maximum Gasteiger partial charge on any atom is 0.338 e. The zero-order valence-electron chi connectivity index (χ0n) is 26.0. The fraction of sp³-hybridized carbons (Fsp3) is 0.184. The number of carbonyl (C=O) groups excluding carboxylic acids is 1. The van der Waals surface area contributed by atoms with E-state index in [1.807, 2.05) is 97.1 Å². The largest absolute Gasteiger partial charge is 0.496 e. The highest BCUT2D eigenvalue weighted by Crippen LogP contribution is 2.40. The van der Waals surface area contributed by atoms with E-state index in [2.05, 4.69) is 6.58 Å². The van der Waals surface area contributed by atoms with Gasteiger partial charge >= 0.3 is 5.97 Å². The van der Waals surface area contributed by atoms with Crippen LogP contribution in [0, 0.1) is 0 Å². The van der Waals surface area contributed by atoms with E-state index >= 15 is 0 Å². The summed E-state index contributed by atoms with van der Waals surface area (Å²) in [5, 5.41) is 1.83. The summed E-state index contributed by atoms with van der Waals surface area (Å²) in [5.74, 6) is 0.813. The Kier molecular flexibility index (Phi) is 8.99. The highest BCUT2D eigenvalue weighted by molar-refractivity contribution is 7.07. The molecule has 2 heterocycles. The molecule has 0 spiro atoms. The van der Waals surface area contributed by atoms with Gasteiger partial charge in [-0.15, -0.1) is 6.58 Å². The zero-order chi connectivity index (χ0) is 32.2. The van der Waals surface area contributed by atoms with Crippen molar-refractivity contribution in [3.05, 3.63) is 151 Å². The molecule has 1 aliphatic rings. The Hall–Kier alpha value is -5.21. The van der Waals surface area contributed by atoms with E-state index in [1.165, 1.54) is 11.3 Å². The van der Waals surface area contributed by atoms with Crippen molar-refractivity contribution in [3.63, 3.8) is 0 Å². The highest BCUT2D eigenvalue weighted by atomic mass is 32.1. The van der Waals surface area contributed by atoms with Gasteiger partial charge in [-0.2, -0.15) is 0 Å². The van der Waals surface area contributed by atoms with Crippen molar-refractivity contribution in [2.24, 2.45) is 4.99 Å². The molecule has 5 aromatic rings. The average Bonchev–Trinajstić information content (AvgIpc) is 3.37. The molecule has 0 unspecified atom stereocenters. The Morgan fingerprint density at radius 2 is 1.78 bits per heavy atom. The summed E-state index contributed by atoms with van der Waals surface area (Å²) >= 11 is 1.29. The molecule has 0 fully saturated rings. The molecule has 7 nitrogen and oxygen atoms in total. The normalized spacial score (nSPS) is 14.5. The van der Waals surface area contributed by atoms with Crippen LogP contribution in [0.1, 0.15) is 42.1 Å². The molecule has 0 saturated heterocycles. The van der Waals surface area contributed by atoms with Gasteiger partial charge in [0.15, 0.2) is 4.80 Å². The molecule has 0 bridgehead atoms. The van der Waals surface area contributed by atoms with Crippen LogP contribution in [0.4, 0.5) is 0 Å². The number of benzene rings is 4. The highest BCUT2D eigenvalue weighted by Gasteiger charge is 2.36. The standard InChI is InChI=1S/C38H34N2O5S/c1-5-12-28-21-26(17-19-30(28)45-23-25-13-8-7-9-14-25)22-32-36(41)40-35(33(37(42)44-6-2)24(3)39-38(40)46-32)34-29-16-11-10-15-27(29)18-20-31(34)43-4/h5,7-11,13-22,35H,1,6,12,23H2,2-4H3/b32-22+/t35-/m0/s1. The summed E-state index contributed by atoms with van der Waals surface area (Å²) in [7, 11) is 1.59. The van der Waals surface area contributed by atoms with Crippen LogP contribution in [0.5, 0.6) is 11.5 Å². The number of hydrogen-bond donors (Lipinski definition) is 0. The summed E-state index contributed by atoms with van der Waals surface area (Å²) < 4.78 is 19.6. The molecule has 1 aliphatic heterocycles. The average molecular weight is 631 g/mol. The van der Waals surface area contributed by atoms with Crippen molar-refractivity contribution in [2.45, 2.75) is 32.9 Å². The fourth-order valence-corrected chi connectivity index (χ4v) is 6.88. The minimum atomic E-state index is -0.802. The fourth-order valence-electron chi connectivity index (χ4n) is 5.83. The van der Waals surface area contributed by atoms with E-state index in [9.17, 15) is 9.59 Å². The van der Waals surface area contributed by atoms with Crippen LogP contribution < -0.4 is 24.4 Å². The third-order valence-electron chi connectivity index (χ3n) is 7.92. The van der Waals surface area contributed by atoms with Gasteiger partial charge in [0.2, 0.25) is 0 Å². The maximum atomic E-state index is 14.3. The van der Waals surface area contributed by atoms with Gasteiger partial charge in [-0.1, -0.05) is 84.1 Å². The molecule has 232 valence electrons. The monoisotopic (exact) mass is 630 g/mol. The van der Waals surface area contributed by atoms with E-state index in [1.54, 1.807) is 25.5 Å². The third kappa shape index (κ3) is 5.91. The summed E-state index contributed by atoms with van der Waals surface area (Å²) in [5.41, 5.74) is 4.14. The number of hydrogen-bond acceptors (Lipinski definition) is 7. The number of nitrogens with zero attached hydrogens (tertiary/aromatic N) is 2. The molecule has 0 amide bonds.